The number of alkyl halides is 3. The number of aliphatic hydroxyl groups excluding tert-OH is 1. The summed E-state index contributed by atoms with van der Waals surface area (Å²) >= 11 is 0. The summed E-state index contributed by atoms with van der Waals surface area (Å²) in [5, 5.41) is 12.1. The third-order valence-corrected chi connectivity index (χ3v) is 3.20. The topological polar surface area (TPSA) is 41.5 Å². The average molecular weight is 255 g/mol. The van der Waals surface area contributed by atoms with Crippen LogP contribution in [0.4, 0.5) is 13.2 Å². The summed E-state index contributed by atoms with van der Waals surface area (Å²) in [4.78, 5) is 0. The summed E-state index contributed by atoms with van der Waals surface area (Å²) in [6, 6.07) is -0.459. The molecular weight excluding hydrogens is 235 g/mol. The molecule has 0 aromatic carbocycles. The van der Waals surface area contributed by atoms with Crippen LogP contribution in [0.25, 0.3) is 0 Å². The third kappa shape index (κ3) is 4.81. The Morgan fingerprint density at radius 2 is 2.12 bits per heavy atom. The number of methoxy groups -OCH3 is 1. The molecule has 1 saturated carbocycles. The van der Waals surface area contributed by atoms with Crippen molar-refractivity contribution in [2.45, 2.75) is 43.9 Å². The van der Waals surface area contributed by atoms with Crippen LogP contribution in [-0.4, -0.2) is 43.7 Å². The van der Waals surface area contributed by atoms with Gasteiger partial charge in [-0.15, -0.1) is 0 Å². The van der Waals surface area contributed by atoms with Crippen LogP contribution < -0.4 is 5.32 Å². The molecule has 2 N–H and O–H groups in total. The first-order valence-corrected chi connectivity index (χ1v) is 5.90. The van der Waals surface area contributed by atoms with Crippen molar-refractivity contribution >= 4 is 0 Å². The van der Waals surface area contributed by atoms with Crippen LogP contribution in [0.3, 0.4) is 0 Å². The van der Waals surface area contributed by atoms with Crippen LogP contribution in [0.5, 0.6) is 0 Å². The van der Waals surface area contributed by atoms with Gasteiger partial charge in [0.25, 0.3) is 0 Å². The van der Waals surface area contributed by atoms with E-state index < -0.39 is 12.1 Å². The summed E-state index contributed by atoms with van der Waals surface area (Å²) in [7, 11) is 1.50. The van der Waals surface area contributed by atoms with Crippen molar-refractivity contribution in [3.63, 3.8) is 0 Å². The Bertz CT molecular complexity index is 223. The summed E-state index contributed by atoms with van der Waals surface area (Å²) in [5.74, 6) is -1.21. The maximum atomic E-state index is 12.6. The third-order valence-electron chi connectivity index (χ3n) is 3.20. The number of ether oxygens (including phenoxy) is 1. The highest BCUT2D eigenvalue weighted by Gasteiger charge is 2.42. The second-order valence-electron chi connectivity index (χ2n) is 4.60. The van der Waals surface area contributed by atoms with Crippen LogP contribution in [0.1, 0.15) is 25.7 Å². The molecule has 1 aliphatic rings. The Morgan fingerprint density at radius 1 is 1.41 bits per heavy atom. The number of hydrogen-bond acceptors (Lipinski definition) is 3. The largest absolute Gasteiger partial charge is 0.395 e. The fourth-order valence-corrected chi connectivity index (χ4v) is 2.33. The summed E-state index contributed by atoms with van der Waals surface area (Å²) in [6.07, 6.45) is -2.48. The van der Waals surface area contributed by atoms with Crippen LogP contribution in [0, 0.1) is 5.92 Å². The lowest BCUT2D eigenvalue weighted by atomic mass is 9.85. The number of rotatable bonds is 5. The molecule has 1 fully saturated rings. The van der Waals surface area contributed by atoms with E-state index in [-0.39, 0.29) is 31.5 Å². The van der Waals surface area contributed by atoms with Gasteiger partial charge < -0.3 is 15.2 Å². The average Bonchev–Trinajstić information content (AvgIpc) is 2.28. The van der Waals surface area contributed by atoms with Gasteiger partial charge in [-0.2, -0.15) is 13.2 Å². The quantitative estimate of drug-likeness (QED) is 0.785. The van der Waals surface area contributed by atoms with Crippen molar-refractivity contribution in [3.05, 3.63) is 0 Å². The molecule has 1 aliphatic carbocycles. The highest BCUT2D eigenvalue weighted by atomic mass is 19.4. The second-order valence-corrected chi connectivity index (χ2v) is 4.60. The number of aliphatic hydroxyl groups is 1. The molecule has 0 radical (unpaired) electrons. The van der Waals surface area contributed by atoms with Gasteiger partial charge >= 0.3 is 6.18 Å². The molecular formula is C11H20F3NO2. The lowest BCUT2D eigenvalue weighted by Gasteiger charge is -2.33. The first-order chi connectivity index (χ1) is 7.97. The summed E-state index contributed by atoms with van der Waals surface area (Å²) < 4.78 is 42.6. The molecule has 0 aromatic heterocycles. The molecule has 0 aliphatic heterocycles. The Balaban J connectivity index is 2.43. The highest BCUT2D eigenvalue weighted by molar-refractivity contribution is 4.83. The Hall–Kier alpha value is -0.330. The van der Waals surface area contributed by atoms with E-state index in [1.165, 1.54) is 7.11 Å². The molecule has 3 unspecified atom stereocenters. The van der Waals surface area contributed by atoms with E-state index in [0.717, 1.165) is 6.42 Å². The van der Waals surface area contributed by atoms with Gasteiger partial charge in [0.15, 0.2) is 0 Å². The van der Waals surface area contributed by atoms with E-state index in [9.17, 15) is 13.2 Å². The van der Waals surface area contributed by atoms with Gasteiger partial charge in [-0.3, -0.25) is 0 Å². The van der Waals surface area contributed by atoms with Gasteiger partial charge in [-0.05, 0) is 19.3 Å². The normalized spacial score (nSPS) is 28.1. The van der Waals surface area contributed by atoms with E-state index in [1.807, 2.05) is 0 Å². The maximum absolute atomic E-state index is 12.6. The first kappa shape index (κ1) is 14.7. The molecule has 6 heteroatoms. The predicted molar refractivity (Wildman–Crippen MR) is 57.7 cm³/mol. The Kier molecular flexibility index (Phi) is 5.69. The van der Waals surface area contributed by atoms with Crippen molar-refractivity contribution in [2.75, 3.05) is 20.3 Å². The molecule has 1 rings (SSSR count). The minimum atomic E-state index is -4.10. The molecule has 17 heavy (non-hydrogen) atoms. The minimum Gasteiger partial charge on any atom is -0.395 e. The van der Waals surface area contributed by atoms with Crippen molar-refractivity contribution in [1.82, 2.24) is 5.32 Å². The van der Waals surface area contributed by atoms with Gasteiger partial charge in [0.2, 0.25) is 0 Å². The summed E-state index contributed by atoms with van der Waals surface area (Å²) in [5.41, 5.74) is 0. The molecule has 3 nitrogen and oxygen atoms in total. The summed E-state index contributed by atoms with van der Waals surface area (Å²) in [6.45, 7) is 0.185. The number of hydrogen-bond donors (Lipinski definition) is 2. The van der Waals surface area contributed by atoms with Gasteiger partial charge in [0, 0.05) is 13.2 Å². The minimum absolute atomic E-state index is 0.101. The van der Waals surface area contributed by atoms with Crippen molar-refractivity contribution < 1.29 is 23.0 Å². The lowest BCUT2D eigenvalue weighted by molar-refractivity contribution is -0.184. The van der Waals surface area contributed by atoms with Crippen LogP contribution >= 0.6 is 0 Å². The molecule has 0 spiro atoms. The van der Waals surface area contributed by atoms with Crippen LogP contribution in [0.2, 0.25) is 0 Å². The van der Waals surface area contributed by atoms with Gasteiger partial charge in [0.1, 0.15) is 0 Å². The zero-order valence-corrected chi connectivity index (χ0v) is 9.96. The molecule has 0 amide bonds. The van der Waals surface area contributed by atoms with Crippen molar-refractivity contribution in [2.24, 2.45) is 5.92 Å². The fraction of sp³-hybridized carbons (Fsp3) is 1.00. The zero-order chi connectivity index (χ0) is 12.9. The SMILES string of the molecule is COCC(CO)NC1CCCC(C(F)(F)F)C1. The lowest BCUT2D eigenvalue weighted by Crippen LogP contribution is -2.46. The second kappa shape index (κ2) is 6.56. The predicted octanol–water partition coefficient (Wildman–Crippen LogP) is 1.70. The molecule has 102 valence electrons. The van der Waals surface area contributed by atoms with E-state index in [2.05, 4.69) is 5.32 Å². The van der Waals surface area contributed by atoms with Crippen LogP contribution in [-0.2, 0) is 4.74 Å². The maximum Gasteiger partial charge on any atom is 0.391 e. The van der Waals surface area contributed by atoms with E-state index >= 15 is 0 Å². The zero-order valence-electron chi connectivity index (χ0n) is 9.96. The molecule has 0 heterocycles. The standard InChI is InChI=1S/C11H20F3NO2/c1-17-7-10(6-16)15-9-4-2-3-8(5-9)11(12,13)14/h8-10,15-16H,2-7H2,1H3. The monoisotopic (exact) mass is 255 g/mol. The molecule has 0 bridgehead atoms. The molecule has 0 saturated heterocycles. The van der Waals surface area contributed by atoms with Crippen molar-refractivity contribution in [1.29, 1.82) is 0 Å². The van der Waals surface area contributed by atoms with Crippen molar-refractivity contribution in [3.8, 4) is 0 Å². The number of nitrogens with one attached hydrogen (secondary N) is 1. The highest BCUT2D eigenvalue weighted by Crippen LogP contribution is 2.37. The van der Waals surface area contributed by atoms with Gasteiger partial charge in [-0.25, -0.2) is 0 Å². The fourth-order valence-electron chi connectivity index (χ4n) is 2.33. The smallest absolute Gasteiger partial charge is 0.391 e. The van der Waals surface area contributed by atoms with Crippen LogP contribution in [0.15, 0.2) is 0 Å². The van der Waals surface area contributed by atoms with Gasteiger partial charge in [-0.1, -0.05) is 6.42 Å². The van der Waals surface area contributed by atoms with E-state index in [1.54, 1.807) is 0 Å². The molecule has 0 aromatic rings. The van der Waals surface area contributed by atoms with Gasteiger partial charge in [0.05, 0.1) is 25.2 Å². The first-order valence-electron chi connectivity index (χ1n) is 5.90. The number of halogens is 3. The van der Waals surface area contributed by atoms with E-state index in [0.29, 0.717) is 13.0 Å². The molecule has 3 atom stereocenters. The Morgan fingerprint density at radius 3 is 2.65 bits per heavy atom. The van der Waals surface area contributed by atoms with E-state index in [4.69, 9.17) is 9.84 Å². The Labute approximate surface area is 99.3 Å².